The van der Waals surface area contributed by atoms with E-state index >= 15 is 0 Å². The van der Waals surface area contributed by atoms with E-state index in [0.717, 1.165) is 6.07 Å². The Morgan fingerprint density at radius 3 is 2.18 bits per heavy atom. The summed E-state index contributed by atoms with van der Waals surface area (Å²) in [5.74, 6) is -1.84. The Hall–Kier alpha value is -2.61. The molecular formula is C25H31ClF4N2O2. The number of hydrogen-bond acceptors (Lipinski definition) is 2. The molecule has 3 rings (SSSR count). The van der Waals surface area contributed by atoms with Crippen LogP contribution < -0.4 is 10.6 Å². The first kappa shape index (κ1) is 29.4. The van der Waals surface area contributed by atoms with Crippen molar-refractivity contribution in [3.63, 3.8) is 0 Å². The number of carbonyl (C=O) groups is 2. The molecule has 2 amide bonds. The lowest BCUT2D eigenvalue weighted by Crippen LogP contribution is -2.49. The van der Waals surface area contributed by atoms with Crippen molar-refractivity contribution >= 4 is 29.1 Å². The quantitative estimate of drug-likeness (QED) is 0.408. The van der Waals surface area contributed by atoms with Crippen LogP contribution in [0.5, 0.6) is 0 Å². The molecule has 0 aromatic heterocycles. The Kier molecular flexibility index (Phi) is 11.5. The van der Waals surface area contributed by atoms with Gasteiger partial charge in [0.1, 0.15) is 5.82 Å². The minimum atomic E-state index is -4.37. The van der Waals surface area contributed by atoms with Crippen LogP contribution in [-0.2, 0) is 10.2 Å². The molecule has 188 valence electrons. The van der Waals surface area contributed by atoms with E-state index in [-0.39, 0.29) is 11.3 Å². The summed E-state index contributed by atoms with van der Waals surface area (Å²) < 4.78 is 51.6. The van der Waals surface area contributed by atoms with Crippen LogP contribution in [0.4, 0.5) is 23.2 Å². The molecule has 2 aromatic rings. The van der Waals surface area contributed by atoms with E-state index in [1.165, 1.54) is 24.3 Å². The average molecular weight is 503 g/mol. The van der Waals surface area contributed by atoms with Crippen molar-refractivity contribution in [2.45, 2.75) is 65.0 Å². The molecule has 0 saturated heterocycles. The van der Waals surface area contributed by atoms with E-state index in [4.69, 9.17) is 11.6 Å². The van der Waals surface area contributed by atoms with E-state index in [1.54, 1.807) is 12.1 Å². The summed E-state index contributed by atoms with van der Waals surface area (Å²) >= 11 is 5.85. The van der Waals surface area contributed by atoms with Gasteiger partial charge in [-0.2, -0.15) is 13.2 Å². The summed E-state index contributed by atoms with van der Waals surface area (Å²) in [4.78, 5) is 24.8. The van der Waals surface area contributed by atoms with Crippen molar-refractivity contribution in [1.29, 1.82) is 0 Å². The van der Waals surface area contributed by atoms with Crippen molar-refractivity contribution < 1.29 is 27.2 Å². The molecule has 0 unspecified atom stereocenters. The highest BCUT2D eigenvalue weighted by molar-refractivity contribution is 6.31. The predicted octanol–water partition coefficient (Wildman–Crippen LogP) is 7.27. The van der Waals surface area contributed by atoms with Gasteiger partial charge in [-0.3, -0.25) is 9.59 Å². The number of alkyl halides is 3. The van der Waals surface area contributed by atoms with Crippen molar-refractivity contribution in [2.75, 3.05) is 11.9 Å². The molecule has 0 aliphatic heterocycles. The van der Waals surface area contributed by atoms with E-state index in [9.17, 15) is 27.2 Å². The second kappa shape index (κ2) is 13.3. The summed E-state index contributed by atoms with van der Waals surface area (Å²) in [5.41, 5.74) is -0.500. The minimum absolute atomic E-state index is 0.0734. The fraction of sp³-hybridized carbons (Fsp3) is 0.440. The zero-order chi connectivity index (χ0) is 25.9. The smallest absolute Gasteiger partial charge is 0.355 e. The molecule has 2 N–H and O–H groups in total. The van der Waals surface area contributed by atoms with Gasteiger partial charge in [-0.05, 0) is 48.7 Å². The fourth-order valence-corrected chi connectivity index (χ4v) is 3.59. The zero-order valence-corrected chi connectivity index (χ0v) is 20.5. The number of amides is 2. The van der Waals surface area contributed by atoms with Gasteiger partial charge in [-0.25, -0.2) is 4.39 Å². The molecule has 4 nitrogen and oxygen atoms in total. The van der Waals surface area contributed by atoms with Crippen molar-refractivity contribution in [3.05, 3.63) is 64.4 Å². The average Bonchev–Trinajstić information content (AvgIpc) is 2.76. The molecule has 1 aliphatic rings. The van der Waals surface area contributed by atoms with Crippen LogP contribution in [0.2, 0.25) is 5.02 Å². The number of hydrogen-bond donors (Lipinski definition) is 2. The highest BCUT2D eigenvalue weighted by atomic mass is 35.5. The molecule has 1 fully saturated rings. The highest BCUT2D eigenvalue weighted by Crippen LogP contribution is 2.44. The van der Waals surface area contributed by atoms with Crippen molar-refractivity contribution in [3.8, 4) is 0 Å². The van der Waals surface area contributed by atoms with Gasteiger partial charge in [-0.1, -0.05) is 57.8 Å². The van der Waals surface area contributed by atoms with Gasteiger partial charge in [-0.15, -0.1) is 0 Å². The molecule has 0 atom stereocenters. The normalized spacial score (nSPS) is 13.8. The van der Waals surface area contributed by atoms with Gasteiger partial charge < -0.3 is 10.6 Å². The zero-order valence-electron chi connectivity index (χ0n) is 19.8. The maximum atomic E-state index is 14.6. The second-order valence-electron chi connectivity index (χ2n) is 7.22. The maximum absolute atomic E-state index is 14.6. The lowest BCUT2D eigenvalue weighted by atomic mass is 9.63. The summed E-state index contributed by atoms with van der Waals surface area (Å²) in [6.07, 6.45) is -3.95. The number of halogens is 5. The highest BCUT2D eigenvalue weighted by Gasteiger charge is 2.46. The number of benzene rings is 2. The van der Waals surface area contributed by atoms with Gasteiger partial charge in [0.2, 0.25) is 5.91 Å². The lowest BCUT2D eigenvalue weighted by Gasteiger charge is -2.41. The van der Waals surface area contributed by atoms with E-state index in [1.807, 2.05) is 27.7 Å². The summed E-state index contributed by atoms with van der Waals surface area (Å²) in [6, 6.07) is 10.2. The largest absolute Gasteiger partial charge is 0.390 e. The Morgan fingerprint density at radius 1 is 1.03 bits per heavy atom. The van der Waals surface area contributed by atoms with E-state index in [2.05, 4.69) is 10.6 Å². The monoisotopic (exact) mass is 502 g/mol. The third kappa shape index (κ3) is 7.72. The molecule has 1 aliphatic carbocycles. The maximum Gasteiger partial charge on any atom is 0.390 e. The van der Waals surface area contributed by atoms with Gasteiger partial charge in [0, 0.05) is 17.1 Å². The number of rotatable bonds is 6. The Morgan fingerprint density at radius 2 is 1.68 bits per heavy atom. The summed E-state index contributed by atoms with van der Waals surface area (Å²) in [5, 5.41) is 5.12. The number of anilines is 1. The summed E-state index contributed by atoms with van der Waals surface area (Å²) in [7, 11) is 0. The van der Waals surface area contributed by atoms with Crippen LogP contribution in [0, 0.1) is 5.82 Å². The topological polar surface area (TPSA) is 58.2 Å². The van der Waals surface area contributed by atoms with Crippen LogP contribution in [0.15, 0.2) is 42.5 Å². The van der Waals surface area contributed by atoms with Crippen LogP contribution >= 0.6 is 11.6 Å². The Labute approximate surface area is 203 Å². The van der Waals surface area contributed by atoms with Gasteiger partial charge in [0.15, 0.2) is 0 Å². The first-order valence-corrected chi connectivity index (χ1v) is 11.7. The first-order valence-electron chi connectivity index (χ1n) is 11.3. The lowest BCUT2D eigenvalue weighted by molar-refractivity contribution is -0.138. The third-order valence-corrected chi connectivity index (χ3v) is 5.43. The predicted molar refractivity (Wildman–Crippen MR) is 128 cm³/mol. The van der Waals surface area contributed by atoms with Gasteiger partial charge >= 0.3 is 6.18 Å². The molecular weight excluding hydrogens is 472 g/mol. The van der Waals surface area contributed by atoms with E-state index < -0.39 is 42.2 Å². The molecule has 0 radical (unpaired) electrons. The molecule has 34 heavy (non-hydrogen) atoms. The second-order valence-corrected chi connectivity index (χ2v) is 7.65. The van der Waals surface area contributed by atoms with Crippen molar-refractivity contribution in [1.82, 2.24) is 5.32 Å². The molecule has 9 heteroatoms. The van der Waals surface area contributed by atoms with E-state index in [0.29, 0.717) is 29.8 Å². The SMILES string of the molecule is CC.CC.O=C(Nc1ccc(C2(C(=O)NCCC(F)(F)F)CCC2)cc1F)c1cccc(Cl)c1. The Balaban J connectivity index is 0.00000137. The van der Waals surface area contributed by atoms with Gasteiger partial charge in [0.25, 0.3) is 5.91 Å². The summed E-state index contributed by atoms with van der Waals surface area (Å²) in [6.45, 7) is 7.47. The van der Waals surface area contributed by atoms with Crippen LogP contribution in [0.25, 0.3) is 0 Å². The Bertz CT molecular complexity index is 960. The number of carbonyl (C=O) groups excluding carboxylic acids is 2. The minimum Gasteiger partial charge on any atom is -0.355 e. The van der Waals surface area contributed by atoms with Crippen molar-refractivity contribution in [2.24, 2.45) is 0 Å². The molecule has 0 heterocycles. The molecule has 2 aromatic carbocycles. The standard InChI is InChI=1S/C21H19ClF4N2O2.2C2H6/c22-15-4-1-3-13(11-15)18(29)28-17-6-5-14(12-16(17)23)20(7-2-8-20)19(30)27-10-9-21(24,25)26;2*1-2/h1,3-6,11-12H,2,7-10H2,(H,27,30)(H,28,29);2*1-2H3. The van der Waals surface area contributed by atoms with Gasteiger partial charge in [0.05, 0.1) is 17.5 Å². The van der Waals surface area contributed by atoms with Crippen LogP contribution in [0.3, 0.4) is 0 Å². The molecule has 1 saturated carbocycles. The third-order valence-electron chi connectivity index (χ3n) is 5.19. The fourth-order valence-electron chi connectivity index (χ4n) is 3.40. The number of nitrogens with one attached hydrogen (secondary N) is 2. The molecule has 0 bridgehead atoms. The van der Waals surface area contributed by atoms with Crippen LogP contribution in [-0.4, -0.2) is 24.5 Å². The van der Waals surface area contributed by atoms with Crippen LogP contribution in [0.1, 0.15) is 69.3 Å². The molecule has 0 spiro atoms. The first-order chi connectivity index (χ1) is 16.1.